The minimum absolute atomic E-state index is 0.0111. The van der Waals surface area contributed by atoms with E-state index in [1.165, 1.54) is 0 Å². The lowest BCUT2D eigenvalue weighted by atomic mass is 9.89. The van der Waals surface area contributed by atoms with Gasteiger partial charge >= 0.3 is 5.97 Å². The van der Waals surface area contributed by atoms with Crippen molar-refractivity contribution in [3.8, 4) is 17.2 Å². The summed E-state index contributed by atoms with van der Waals surface area (Å²) in [4.78, 5) is 28.2. The van der Waals surface area contributed by atoms with E-state index < -0.39 is 5.97 Å². The first-order valence-corrected chi connectivity index (χ1v) is 13.9. The lowest BCUT2D eigenvalue weighted by Gasteiger charge is -2.17. The van der Waals surface area contributed by atoms with Gasteiger partial charge in [-0.25, -0.2) is 4.98 Å². The lowest BCUT2D eigenvalue weighted by Crippen LogP contribution is -2.23. The summed E-state index contributed by atoms with van der Waals surface area (Å²) in [5, 5.41) is 12.1. The zero-order valence-electron chi connectivity index (χ0n) is 23.7. The van der Waals surface area contributed by atoms with Crippen LogP contribution in [0.15, 0.2) is 52.9 Å². The summed E-state index contributed by atoms with van der Waals surface area (Å²) in [5.41, 5.74) is 3.87. The van der Waals surface area contributed by atoms with Crippen LogP contribution in [0.3, 0.4) is 0 Å². The van der Waals surface area contributed by atoms with Gasteiger partial charge in [0.15, 0.2) is 0 Å². The van der Waals surface area contributed by atoms with E-state index in [1.807, 2.05) is 55.5 Å². The molecule has 39 heavy (non-hydrogen) atoms. The van der Waals surface area contributed by atoms with Gasteiger partial charge in [0.25, 0.3) is 0 Å². The van der Waals surface area contributed by atoms with Gasteiger partial charge in [-0.15, -0.1) is 0 Å². The molecular formula is C32H42N2O5. The fraction of sp³-hybridized carbons (Fsp3) is 0.469. The maximum Gasteiger partial charge on any atom is 0.303 e. The number of carboxylic acids is 1. The maximum atomic E-state index is 12.5. The molecule has 0 aliphatic carbocycles. The van der Waals surface area contributed by atoms with Gasteiger partial charge in [-0.05, 0) is 67.0 Å². The first-order valence-electron chi connectivity index (χ1n) is 13.9. The number of aryl methyl sites for hydroxylation is 2. The number of carbonyl (C=O) groups is 2. The third-order valence-corrected chi connectivity index (χ3v) is 6.61. The maximum absolute atomic E-state index is 12.5. The molecule has 7 nitrogen and oxygen atoms in total. The Kier molecular flexibility index (Phi) is 11.1. The number of carboxylic acid groups (broad SMARTS) is 1. The highest BCUT2D eigenvalue weighted by Gasteiger charge is 2.13. The number of hydrogen-bond donors (Lipinski definition) is 2. The summed E-state index contributed by atoms with van der Waals surface area (Å²) in [6, 6.07) is 15.4. The van der Waals surface area contributed by atoms with Crippen LogP contribution in [-0.2, 0) is 29.0 Å². The molecule has 0 atom stereocenters. The Labute approximate surface area is 232 Å². The molecule has 0 saturated carbocycles. The van der Waals surface area contributed by atoms with Crippen LogP contribution in [0.2, 0.25) is 0 Å². The fourth-order valence-electron chi connectivity index (χ4n) is 4.37. The average molecular weight is 535 g/mol. The van der Waals surface area contributed by atoms with Gasteiger partial charge in [0.1, 0.15) is 11.5 Å². The van der Waals surface area contributed by atoms with E-state index in [4.69, 9.17) is 14.3 Å². The van der Waals surface area contributed by atoms with E-state index in [-0.39, 0.29) is 12.3 Å². The quantitative estimate of drug-likeness (QED) is 0.206. The van der Waals surface area contributed by atoms with Gasteiger partial charge in [0.2, 0.25) is 11.8 Å². The number of rotatable bonds is 15. The van der Waals surface area contributed by atoms with Crippen molar-refractivity contribution in [2.45, 2.75) is 85.6 Å². The molecule has 0 aliphatic rings. The van der Waals surface area contributed by atoms with Crippen molar-refractivity contribution in [3.05, 3.63) is 71.1 Å². The Morgan fingerprint density at radius 2 is 1.74 bits per heavy atom. The minimum atomic E-state index is -0.849. The van der Waals surface area contributed by atoms with Gasteiger partial charge in [0, 0.05) is 31.4 Å². The summed E-state index contributed by atoms with van der Waals surface area (Å²) in [6.45, 7) is 9.35. The smallest absolute Gasteiger partial charge is 0.303 e. The van der Waals surface area contributed by atoms with E-state index in [2.05, 4.69) is 31.1 Å². The predicted octanol–water partition coefficient (Wildman–Crippen LogP) is 6.90. The van der Waals surface area contributed by atoms with Crippen molar-refractivity contribution in [2.75, 3.05) is 6.61 Å². The SMILES string of the molecule is Cc1oc(-c2ccccc2)nc1CCOc1ccc(CCC(=O)O)c(CNC(=O)CCCCCC(C)(C)C)c1. The molecule has 1 heterocycles. The van der Waals surface area contributed by atoms with E-state index in [0.29, 0.717) is 49.5 Å². The number of unbranched alkanes of at least 4 members (excludes halogenated alkanes) is 2. The van der Waals surface area contributed by atoms with E-state index >= 15 is 0 Å². The van der Waals surface area contributed by atoms with Crippen LogP contribution in [0.25, 0.3) is 11.5 Å². The molecule has 0 aliphatic heterocycles. The van der Waals surface area contributed by atoms with Crippen molar-refractivity contribution in [1.82, 2.24) is 10.3 Å². The second kappa shape index (κ2) is 14.5. The van der Waals surface area contributed by atoms with Gasteiger partial charge < -0.3 is 19.6 Å². The first kappa shape index (κ1) is 29.9. The number of hydrogen-bond acceptors (Lipinski definition) is 5. The molecule has 0 bridgehead atoms. The Morgan fingerprint density at radius 1 is 0.974 bits per heavy atom. The highest BCUT2D eigenvalue weighted by molar-refractivity contribution is 5.75. The van der Waals surface area contributed by atoms with Crippen molar-refractivity contribution in [1.29, 1.82) is 0 Å². The van der Waals surface area contributed by atoms with Crippen molar-refractivity contribution >= 4 is 11.9 Å². The highest BCUT2D eigenvalue weighted by Crippen LogP contribution is 2.24. The lowest BCUT2D eigenvalue weighted by molar-refractivity contribution is -0.137. The average Bonchev–Trinajstić information content (AvgIpc) is 3.26. The number of ether oxygens (including phenoxy) is 1. The molecular weight excluding hydrogens is 492 g/mol. The molecule has 3 aromatic rings. The molecule has 1 aromatic heterocycles. The van der Waals surface area contributed by atoms with E-state index in [1.54, 1.807) is 0 Å². The molecule has 0 spiro atoms. The number of aliphatic carboxylic acids is 1. The largest absolute Gasteiger partial charge is 0.493 e. The number of nitrogens with zero attached hydrogens (tertiary/aromatic N) is 1. The molecule has 2 N–H and O–H groups in total. The Bertz CT molecular complexity index is 1210. The standard InChI is InChI=1S/C32H42N2O5/c1-23-28(34-31(39-23)25-11-7-5-8-12-25)18-20-38-27-16-14-24(15-17-30(36)37)26(21-27)22-33-29(35)13-9-6-10-19-32(2,3)4/h5,7-8,11-12,14,16,21H,6,9-10,13,15,17-20,22H2,1-4H3,(H,33,35)(H,36,37). The second-order valence-electron chi connectivity index (χ2n) is 11.2. The molecule has 1 amide bonds. The molecule has 0 saturated heterocycles. The van der Waals surface area contributed by atoms with Crippen LogP contribution < -0.4 is 10.1 Å². The zero-order valence-corrected chi connectivity index (χ0v) is 23.7. The number of nitrogens with one attached hydrogen (secondary N) is 1. The summed E-state index contributed by atoms with van der Waals surface area (Å²) in [5.74, 6) is 1.20. The molecule has 210 valence electrons. The molecule has 7 heteroatoms. The van der Waals surface area contributed by atoms with Crippen LogP contribution in [0.5, 0.6) is 5.75 Å². The monoisotopic (exact) mass is 534 g/mol. The normalized spacial score (nSPS) is 11.4. The Morgan fingerprint density at radius 3 is 2.46 bits per heavy atom. The van der Waals surface area contributed by atoms with Crippen LogP contribution in [0, 0.1) is 12.3 Å². The number of oxazole rings is 1. The Balaban J connectivity index is 1.55. The second-order valence-corrected chi connectivity index (χ2v) is 11.2. The highest BCUT2D eigenvalue weighted by atomic mass is 16.5. The van der Waals surface area contributed by atoms with E-state index in [0.717, 1.165) is 53.8 Å². The zero-order chi connectivity index (χ0) is 28.3. The minimum Gasteiger partial charge on any atom is -0.493 e. The number of amides is 1. The Hall–Kier alpha value is -3.61. The molecule has 3 rings (SSSR count). The molecule has 0 radical (unpaired) electrons. The van der Waals surface area contributed by atoms with Crippen molar-refractivity contribution in [2.24, 2.45) is 5.41 Å². The van der Waals surface area contributed by atoms with E-state index in [9.17, 15) is 9.59 Å². The van der Waals surface area contributed by atoms with Crippen LogP contribution in [-0.4, -0.2) is 28.6 Å². The predicted molar refractivity (Wildman–Crippen MR) is 153 cm³/mol. The number of aromatic nitrogens is 1. The number of carbonyl (C=O) groups excluding carboxylic acids is 1. The van der Waals surface area contributed by atoms with Crippen LogP contribution in [0.4, 0.5) is 0 Å². The third kappa shape index (κ3) is 10.6. The molecule has 0 unspecified atom stereocenters. The van der Waals surface area contributed by atoms with Gasteiger partial charge in [-0.2, -0.15) is 0 Å². The summed E-state index contributed by atoms with van der Waals surface area (Å²) < 4.78 is 11.9. The van der Waals surface area contributed by atoms with Crippen LogP contribution in [0.1, 0.15) is 81.9 Å². The summed E-state index contributed by atoms with van der Waals surface area (Å²) in [7, 11) is 0. The topological polar surface area (TPSA) is 102 Å². The van der Waals surface area contributed by atoms with Crippen molar-refractivity contribution in [3.63, 3.8) is 0 Å². The van der Waals surface area contributed by atoms with Gasteiger partial charge in [0.05, 0.1) is 12.3 Å². The first-order chi connectivity index (χ1) is 18.6. The summed E-state index contributed by atoms with van der Waals surface area (Å²) in [6.07, 6.45) is 5.69. The van der Waals surface area contributed by atoms with Crippen molar-refractivity contribution < 1.29 is 23.8 Å². The van der Waals surface area contributed by atoms with Crippen LogP contribution >= 0.6 is 0 Å². The molecule has 2 aromatic carbocycles. The van der Waals surface area contributed by atoms with Gasteiger partial charge in [-0.1, -0.05) is 57.9 Å². The fourth-order valence-corrected chi connectivity index (χ4v) is 4.37. The molecule has 0 fully saturated rings. The third-order valence-electron chi connectivity index (χ3n) is 6.61. The van der Waals surface area contributed by atoms with Gasteiger partial charge in [-0.3, -0.25) is 9.59 Å². The number of benzene rings is 2. The summed E-state index contributed by atoms with van der Waals surface area (Å²) >= 11 is 0.